The average molecular weight is 327 g/mol. The first kappa shape index (κ1) is 18.4. The number of hydrogen-bond donors (Lipinski definition) is 1. The summed E-state index contributed by atoms with van der Waals surface area (Å²) in [6, 6.07) is 11.6. The maximum absolute atomic E-state index is 4.96. The second kappa shape index (κ2) is 10.1. The van der Waals surface area contributed by atoms with Crippen molar-refractivity contribution < 1.29 is 0 Å². The van der Waals surface area contributed by atoms with Crippen LogP contribution in [0.1, 0.15) is 51.5 Å². The molecule has 1 aliphatic carbocycles. The summed E-state index contributed by atoms with van der Waals surface area (Å²) < 4.78 is 0. The molecule has 1 fully saturated rings. The molecular formula is C17H27ClN2S. The molecule has 4 heteroatoms. The minimum absolute atomic E-state index is 0. The molecule has 0 atom stereocenters. The highest BCUT2D eigenvalue weighted by Gasteiger charge is 2.14. The van der Waals surface area contributed by atoms with E-state index in [4.69, 9.17) is 4.99 Å². The van der Waals surface area contributed by atoms with Crippen molar-refractivity contribution in [2.45, 2.75) is 63.8 Å². The van der Waals surface area contributed by atoms with Crippen LogP contribution in [0.5, 0.6) is 0 Å². The Morgan fingerprint density at radius 1 is 1.19 bits per heavy atom. The molecule has 0 saturated heterocycles. The summed E-state index contributed by atoms with van der Waals surface area (Å²) in [5.41, 5.74) is 1.36. The number of amidine groups is 1. The lowest BCUT2D eigenvalue weighted by Gasteiger charge is -2.20. The van der Waals surface area contributed by atoms with Gasteiger partial charge in [-0.1, -0.05) is 61.4 Å². The molecule has 0 aromatic heterocycles. The fourth-order valence-electron chi connectivity index (χ4n) is 2.47. The summed E-state index contributed by atoms with van der Waals surface area (Å²) >= 11 is 1.84. The van der Waals surface area contributed by atoms with Crippen LogP contribution in [0.15, 0.2) is 35.3 Å². The quantitative estimate of drug-likeness (QED) is 0.620. The Bertz CT molecular complexity index is 414. The zero-order valence-electron chi connectivity index (χ0n) is 13.0. The van der Waals surface area contributed by atoms with Gasteiger partial charge in [-0.2, -0.15) is 0 Å². The van der Waals surface area contributed by atoms with Crippen LogP contribution in [0, 0.1) is 0 Å². The first-order valence-corrected chi connectivity index (χ1v) is 8.73. The van der Waals surface area contributed by atoms with Gasteiger partial charge in [0.1, 0.15) is 0 Å². The molecule has 1 aromatic rings. The van der Waals surface area contributed by atoms with E-state index in [1.54, 1.807) is 0 Å². The highest BCUT2D eigenvalue weighted by Crippen LogP contribution is 2.22. The summed E-state index contributed by atoms with van der Waals surface area (Å²) in [6.07, 6.45) is 6.58. The van der Waals surface area contributed by atoms with Gasteiger partial charge in [-0.3, -0.25) is 4.99 Å². The number of rotatable bonds is 4. The van der Waals surface area contributed by atoms with Crippen LogP contribution in [0.4, 0.5) is 0 Å². The van der Waals surface area contributed by atoms with Gasteiger partial charge in [-0.25, -0.2) is 0 Å². The minimum atomic E-state index is 0. The number of halogens is 1. The van der Waals surface area contributed by atoms with Crippen LogP contribution >= 0.6 is 24.2 Å². The van der Waals surface area contributed by atoms with Gasteiger partial charge in [-0.05, 0) is 32.3 Å². The van der Waals surface area contributed by atoms with Gasteiger partial charge in [0.15, 0.2) is 5.17 Å². The highest BCUT2D eigenvalue weighted by molar-refractivity contribution is 8.13. The van der Waals surface area contributed by atoms with Gasteiger partial charge in [0.2, 0.25) is 0 Å². The predicted octanol–water partition coefficient (Wildman–Crippen LogP) is 5.03. The van der Waals surface area contributed by atoms with E-state index >= 15 is 0 Å². The molecule has 2 nitrogen and oxygen atoms in total. The maximum atomic E-state index is 4.96. The number of nitrogens with zero attached hydrogens (tertiary/aromatic N) is 1. The molecule has 0 amide bonds. The van der Waals surface area contributed by atoms with Crippen molar-refractivity contribution in [1.82, 2.24) is 5.32 Å². The lowest BCUT2D eigenvalue weighted by Crippen LogP contribution is -2.29. The van der Waals surface area contributed by atoms with Crippen LogP contribution in [-0.2, 0) is 5.75 Å². The summed E-state index contributed by atoms with van der Waals surface area (Å²) in [6.45, 7) is 4.36. The Hall–Kier alpha value is -0.670. The van der Waals surface area contributed by atoms with Gasteiger partial charge in [0.25, 0.3) is 0 Å². The number of hydrogen-bond acceptors (Lipinski definition) is 2. The van der Waals surface area contributed by atoms with E-state index in [0.717, 1.165) is 10.9 Å². The molecule has 0 heterocycles. The zero-order chi connectivity index (χ0) is 14.2. The molecule has 1 N–H and O–H groups in total. The second-order valence-corrected chi connectivity index (χ2v) is 6.76. The summed E-state index contributed by atoms with van der Waals surface area (Å²) in [4.78, 5) is 4.96. The molecule has 1 saturated carbocycles. The van der Waals surface area contributed by atoms with Crippen LogP contribution in [0.2, 0.25) is 0 Å². The standard InChI is InChI=1S/C17H26N2S.ClH/c1-14(2)18-17(19-16-11-7-4-8-12-16)20-13-15-9-5-3-6-10-15;/h3,5-6,9-10,14,16H,4,7-8,11-13H2,1-2H3,(H,18,19);1H. The maximum Gasteiger partial charge on any atom is 0.157 e. The first-order valence-electron chi connectivity index (χ1n) is 7.75. The van der Waals surface area contributed by atoms with Gasteiger partial charge in [0.05, 0.1) is 6.04 Å². The van der Waals surface area contributed by atoms with Crippen molar-refractivity contribution in [3.05, 3.63) is 35.9 Å². The van der Waals surface area contributed by atoms with Crippen molar-refractivity contribution in [1.29, 1.82) is 0 Å². The molecule has 0 radical (unpaired) electrons. The van der Waals surface area contributed by atoms with Crippen LogP contribution < -0.4 is 5.32 Å². The van der Waals surface area contributed by atoms with Crippen molar-refractivity contribution in [2.75, 3.05) is 0 Å². The Morgan fingerprint density at radius 2 is 1.86 bits per heavy atom. The molecule has 21 heavy (non-hydrogen) atoms. The van der Waals surface area contributed by atoms with Crippen molar-refractivity contribution in [3.63, 3.8) is 0 Å². The first-order chi connectivity index (χ1) is 9.74. The van der Waals surface area contributed by atoms with Crippen molar-refractivity contribution >= 4 is 29.3 Å². The van der Waals surface area contributed by atoms with Crippen molar-refractivity contribution in [3.8, 4) is 0 Å². The van der Waals surface area contributed by atoms with E-state index in [1.165, 1.54) is 37.7 Å². The van der Waals surface area contributed by atoms with Crippen LogP contribution in [-0.4, -0.2) is 17.3 Å². The summed E-state index contributed by atoms with van der Waals surface area (Å²) in [7, 11) is 0. The van der Waals surface area contributed by atoms with E-state index in [0.29, 0.717) is 12.1 Å². The Balaban J connectivity index is 0.00000220. The second-order valence-electron chi connectivity index (χ2n) is 5.80. The lowest BCUT2D eigenvalue weighted by molar-refractivity contribution is 0.443. The van der Waals surface area contributed by atoms with E-state index in [-0.39, 0.29) is 12.4 Å². The largest absolute Gasteiger partial charge is 0.363 e. The highest BCUT2D eigenvalue weighted by atomic mass is 35.5. The smallest absolute Gasteiger partial charge is 0.157 e. The number of nitrogens with one attached hydrogen (secondary N) is 1. The van der Waals surface area contributed by atoms with E-state index in [9.17, 15) is 0 Å². The molecule has 0 bridgehead atoms. The molecule has 0 aliphatic heterocycles. The van der Waals surface area contributed by atoms with Gasteiger partial charge < -0.3 is 5.32 Å². The Kier molecular flexibility index (Phi) is 8.86. The van der Waals surface area contributed by atoms with Gasteiger partial charge >= 0.3 is 0 Å². The molecule has 1 aliphatic rings. The Morgan fingerprint density at radius 3 is 2.48 bits per heavy atom. The van der Waals surface area contributed by atoms with Crippen molar-refractivity contribution in [2.24, 2.45) is 4.99 Å². The van der Waals surface area contributed by atoms with Gasteiger partial charge in [-0.15, -0.1) is 12.4 Å². The molecular weight excluding hydrogens is 300 g/mol. The topological polar surface area (TPSA) is 24.4 Å². The SMILES string of the molecule is CC(C)NC(=NC1CCCCC1)SCc1ccccc1.Cl. The summed E-state index contributed by atoms with van der Waals surface area (Å²) in [5.74, 6) is 0.992. The van der Waals surface area contributed by atoms with E-state index < -0.39 is 0 Å². The minimum Gasteiger partial charge on any atom is -0.363 e. The molecule has 2 rings (SSSR count). The molecule has 0 unspecified atom stereocenters. The molecule has 118 valence electrons. The molecule has 1 aromatic carbocycles. The number of benzene rings is 1. The average Bonchev–Trinajstić information content (AvgIpc) is 2.46. The zero-order valence-corrected chi connectivity index (χ0v) is 14.7. The fraction of sp³-hybridized carbons (Fsp3) is 0.588. The van der Waals surface area contributed by atoms with Crippen LogP contribution in [0.25, 0.3) is 0 Å². The van der Waals surface area contributed by atoms with Gasteiger partial charge in [0, 0.05) is 11.8 Å². The summed E-state index contributed by atoms with van der Waals surface area (Å²) in [5, 5.41) is 4.63. The fourth-order valence-corrected chi connectivity index (χ4v) is 3.50. The number of thioether (sulfide) groups is 1. The Labute approximate surface area is 139 Å². The third-order valence-corrected chi connectivity index (χ3v) is 4.48. The van der Waals surface area contributed by atoms with E-state index in [2.05, 4.69) is 49.5 Å². The number of aliphatic imine (C=N–C) groups is 1. The third-order valence-electron chi connectivity index (χ3n) is 3.51. The van der Waals surface area contributed by atoms with Crippen LogP contribution in [0.3, 0.4) is 0 Å². The lowest BCUT2D eigenvalue weighted by atomic mass is 9.96. The normalized spacial score (nSPS) is 16.6. The monoisotopic (exact) mass is 326 g/mol. The van der Waals surface area contributed by atoms with E-state index in [1.807, 2.05) is 11.8 Å². The molecule has 0 spiro atoms. The third kappa shape index (κ3) is 7.23. The predicted molar refractivity (Wildman–Crippen MR) is 97.6 cm³/mol.